The molecule has 1 amide bonds. The van der Waals surface area contributed by atoms with Crippen LogP contribution >= 0.6 is 0 Å². The van der Waals surface area contributed by atoms with Crippen LogP contribution in [0.4, 0.5) is 4.79 Å². The van der Waals surface area contributed by atoms with Crippen molar-refractivity contribution in [3.8, 4) is 23.0 Å². The molecule has 5 rings (SSSR count). The second kappa shape index (κ2) is 5.97. The molecule has 1 saturated heterocycles. The molecule has 2 atom stereocenters. The average Bonchev–Trinajstić information content (AvgIpc) is 3.30. The van der Waals surface area contributed by atoms with Crippen LogP contribution in [0.3, 0.4) is 0 Å². The Morgan fingerprint density at radius 2 is 1.81 bits per heavy atom. The molecule has 0 aliphatic carbocycles. The van der Waals surface area contributed by atoms with Gasteiger partial charge in [-0.1, -0.05) is 0 Å². The lowest BCUT2D eigenvalue weighted by Crippen LogP contribution is -2.43. The summed E-state index contributed by atoms with van der Waals surface area (Å²) in [7, 11) is 3.24. The van der Waals surface area contributed by atoms with Crippen molar-refractivity contribution in [3.63, 3.8) is 0 Å². The molecule has 0 spiro atoms. The molecule has 0 saturated carbocycles. The lowest BCUT2D eigenvalue weighted by atomic mass is 9.84. The number of fused-ring (bicyclic) bond motifs is 3. The zero-order chi connectivity index (χ0) is 18.5. The van der Waals surface area contributed by atoms with Gasteiger partial charge in [0.15, 0.2) is 11.5 Å². The summed E-state index contributed by atoms with van der Waals surface area (Å²) in [5.74, 6) is 2.81. The molecule has 3 aliphatic rings. The Morgan fingerprint density at radius 3 is 2.59 bits per heavy atom. The molecular formula is C20H19NO6. The zero-order valence-electron chi connectivity index (χ0n) is 15.1. The predicted molar refractivity (Wildman–Crippen MR) is 94.6 cm³/mol. The van der Waals surface area contributed by atoms with Crippen molar-refractivity contribution in [1.29, 1.82) is 0 Å². The van der Waals surface area contributed by atoms with Crippen LogP contribution in [0.2, 0.25) is 0 Å². The van der Waals surface area contributed by atoms with E-state index < -0.39 is 0 Å². The standard InChI is InChI=1S/C20H19NO6/c1-23-13-3-4-16(24-2)15(7-13)19-14-8-18-17(26-10-27-18)6-11(14)5-12-9-25-20(22)21(12)19/h3-4,6-8,12,19H,5,9-10H2,1-2H3/t12-,19+/m1/s1. The van der Waals surface area contributed by atoms with Crippen molar-refractivity contribution in [2.24, 2.45) is 0 Å². The third-order valence-electron chi connectivity index (χ3n) is 5.40. The molecule has 2 aromatic carbocycles. The van der Waals surface area contributed by atoms with Crippen LogP contribution in [0.1, 0.15) is 22.7 Å². The molecule has 3 heterocycles. The largest absolute Gasteiger partial charge is 0.497 e. The van der Waals surface area contributed by atoms with Crippen LogP contribution in [0, 0.1) is 0 Å². The van der Waals surface area contributed by atoms with Gasteiger partial charge in [-0.15, -0.1) is 0 Å². The monoisotopic (exact) mass is 369 g/mol. The Hall–Kier alpha value is -3.09. The van der Waals surface area contributed by atoms with Gasteiger partial charge in [0.25, 0.3) is 0 Å². The summed E-state index contributed by atoms with van der Waals surface area (Å²) in [5, 5.41) is 0. The molecule has 2 aromatic rings. The van der Waals surface area contributed by atoms with Gasteiger partial charge in [-0.05, 0) is 47.9 Å². The number of methoxy groups -OCH3 is 2. The molecule has 7 nitrogen and oxygen atoms in total. The highest BCUT2D eigenvalue weighted by molar-refractivity contribution is 5.73. The zero-order valence-corrected chi connectivity index (χ0v) is 15.1. The number of hydrogen-bond donors (Lipinski definition) is 0. The first-order valence-electron chi connectivity index (χ1n) is 8.79. The van der Waals surface area contributed by atoms with Crippen LogP contribution in [-0.2, 0) is 11.2 Å². The van der Waals surface area contributed by atoms with Gasteiger partial charge < -0.3 is 23.7 Å². The van der Waals surface area contributed by atoms with Gasteiger partial charge in [-0.25, -0.2) is 4.79 Å². The fourth-order valence-corrected chi connectivity index (χ4v) is 4.15. The van der Waals surface area contributed by atoms with E-state index in [9.17, 15) is 4.79 Å². The number of carbonyl (C=O) groups excluding carboxylic acids is 1. The summed E-state index contributed by atoms with van der Waals surface area (Å²) >= 11 is 0. The molecule has 0 unspecified atom stereocenters. The Kier molecular flexibility index (Phi) is 3.56. The maximum atomic E-state index is 12.6. The van der Waals surface area contributed by atoms with Crippen LogP contribution in [-0.4, -0.2) is 44.7 Å². The quantitative estimate of drug-likeness (QED) is 0.829. The Morgan fingerprint density at radius 1 is 1.00 bits per heavy atom. The fourth-order valence-electron chi connectivity index (χ4n) is 4.15. The molecular weight excluding hydrogens is 350 g/mol. The van der Waals surface area contributed by atoms with Crippen molar-refractivity contribution in [3.05, 3.63) is 47.0 Å². The topological polar surface area (TPSA) is 66.5 Å². The van der Waals surface area contributed by atoms with E-state index in [0.717, 1.165) is 22.4 Å². The SMILES string of the molecule is COc1ccc(OC)c([C@@H]2c3cc4c(cc3C[C@@H]3COC(=O)N32)OCO4)c1. The number of hydrogen-bond acceptors (Lipinski definition) is 6. The summed E-state index contributed by atoms with van der Waals surface area (Å²) < 4.78 is 27.5. The summed E-state index contributed by atoms with van der Waals surface area (Å²) in [6.07, 6.45) is 0.388. The van der Waals surface area contributed by atoms with E-state index in [-0.39, 0.29) is 25.0 Å². The van der Waals surface area contributed by atoms with E-state index >= 15 is 0 Å². The summed E-state index contributed by atoms with van der Waals surface area (Å²) in [6, 6.07) is 9.18. The minimum Gasteiger partial charge on any atom is -0.497 e. The Bertz CT molecular complexity index is 927. The number of amides is 1. The van der Waals surface area contributed by atoms with Crippen molar-refractivity contribution in [2.75, 3.05) is 27.6 Å². The lowest BCUT2D eigenvalue weighted by molar-refractivity contribution is 0.147. The van der Waals surface area contributed by atoms with Gasteiger partial charge in [0.05, 0.1) is 26.3 Å². The first kappa shape index (κ1) is 16.1. The molecule has 7 heteroatoms. The smallest absolute Gasteiger partial charge is 0.411 e. The van der Waals surface area contributed by atoms with E-state index in [1.165, 1.54) is 0 Å². The minimum atomic E-state index is -0.353. The number of benzene rings is 2. The van der Waals surface area contributed by atoms with Crippen molar-refractivity contribution >= 4 is 6.09 Å². The van der Waals surface area contributed by atoms with Gasteiger partial charge in [-0.2, -0.15) is 0 Å². The van der Waals surface area contributed by atoms with Crippen LogP contribution in [0.5, 0.6) is 23.0 Å². The maximum absolute atomic E-state index is 12.6. The van der Waals surface area contributed by atoms with E-state index in [0.29, 0.717) is 30.3 Å². The molecule has 0 aromatic heterocycles. The fraction of sp³-hybridized carbons (Fsp3) is 0.350. The molecule has 140 valence electrons. The molecule has 0 bridgehead atoms. The first-order chi connectivity index (χ1) is 13.2. The van der Waals surface area contributed by atoms with Crippen molar-refractivity contribution in [2.45, 2.75) is 18.5 Å². The minimum absolute atomic E-state index is 0.0359. The van der Waals surface area contributed by atoms with Crippen LogP contribution < -0.4 is 18.9 Å². The third kappa shape index (κ3) is 2.38. The summed E-state index contributed by atoms with van der Waals surface area (Å²) in [5.41, 5.74) is 2.95. The number of ether oxygens (including phenoxy) is 5. The summed E-state index contributed by atoms with van der Waals surface area (Å²) in [6.45, 7) is 0.579. The number of rotatable bonds is 3. The number of carbonyl (C=O) groups is 1. The third-order valence-corrected chi connectivity index (χ3v) is 5.40. The van der Waals surface area contributed by atoms with Gasteiger partial charge in [-0.3, -0.25) is 4.90 Å². The van der Waals surface area contributed by atoms with E-state index in [1.807, 2.05) is 30.3 Å². The highest BCUT2D eigenvalue weighted by Crippen LogP contribution is 2.48. The molecule has 0 radical (unpaired) electrons. The second-order valence-electron chi connectivity index (χ2n) is 6.76. The molecule has 0 N–H and O–H groups in total. The van der Waals surface area contributed by atoms with Gasteiger partial charge in [0.1, 0.15) is 18.1 Å². The average molecular weight is 369 g/mol. The van der Waals surface area contributed by atoms with Crippen molar-refractivity contribution < 1.29 is 28.5 Å². The Labute approximate surface area is 156 Å². The van der Waals surface area contributed by atoms with Crippen LogP contribution in [0.15, 0.2) is 30.3 Å². The maximum Gasteiger partial charge on any atom is 0.411 e. The Balaban J connectivity index is 1.73. The molecule has 27 heavy (non-hydrogen) atoms. The van der Waals surface area contributed by atoms with E-state index in [1.54, 1.807) is 19.1 Å². The normalized spacial score (nSPS) is 22.1. The molecule has 1 fully saturated rings. The highest BCUT2D eigenvalue weighted by Gasteiger charge is 2.45. The lowest BCUT2D eigenvalue weighted by Gasteiger charge is -2.38. The second-order valence-corrected chi connectivity index (χ2v) is 6.76. The van der Waals surface area contributed by atoms with Crippen LogP contribution in [0.25, 0.3) is 0 Å². The number of cyclic esters (lactones) is 1. The van der Waals surface area contributed by atoms with Gasteiger partial charge >= 0.3 is 6.09 Å². The van der Waals surface area contributed by atoms with E-state index in [2.05, 4.69) is 0 Å². The summed E-state index contributed by atoms with van der Waals surface area (Å²) in [4.78, 5) is 14.4. The molecule has 3 aliphatic heterocycles. The van der Waals surface area contributed by atoms with E-state index in [4.69, 9.17) is 23.7 Å². The predicted octanol–water partition coefficient (Wildman–Crippen LogP) is 2.90. The first-order valence-corrected chi connectivity index (χ1v) is 8.79. The van der Waals surface area contributed by atoms with Gasteiger partial charge in [0, 0.05) is 5.56 Å². The van der Waals surface area contributed by atoms with Crippen molar-refractivity contribution in [1.82, 2.24) is 4.90 Å². The number of nitrogens with zero attached hydrogens (tertiary/aromatic N) is 1. The highest BCUT2D eigenvalue weighted by atomic mass is 16.7. The van der Waals surface area contributed by atoms with Gasteiger partial charge in [0.2, 0.25) is 6.79 Å².